The lowest BCUT2D eigenvalue weighted by Crippen LogP contribution is -2.46. The normalized spacial score (nSPS) is 25.0. The van der Waals surface area contributed by atoms with Crippen LogP contribution in [0.1, 0.15) is 48.1 Å². The van der Waals surface area contributed by atoms with Crippen LogP contribution in [0.5, 0.6) is 5.75 Å². The van der Waals surface area contributed by atoms with E-state index in [2.05, 4.69) is 4.98 Å². The van der Waals surface area contributed by atoms with Gasteiger partial charge < -0.3 is 5.11 Å². The van der Waals surface area contributed by atoms with Crippen LogP contribution in [0.15, 0.2) is 58.7 Å². The number of pyridine rings is 1. The maximum Gasteiger partial charge on any atom is 0.433 e. The fraction of sp³-hybridized carbons (Fsp3) is 0.344. The highest BCUT2D eigenvalue weighted by molar-refractivity contribution is 6.33. The minimum atomic E-state index is -4.78. The topological polar surface area (TPSA) is 108 Å². The van der Waals surface area contributed by atoms with Crippen molar-refractivity contribution in [2.45, 2.75) is 45.7 Å². The number of alkyl halides is 3. The van der Waals surface area contributed by atoms with Gasteiger partial charge >= 0.3 is 6.18 Å². The number of phenolic OH excluding ortho intramolecular Hbond substituents is 1. The van der Waals surface area contributed by atoms with Gasteiger partial charge in [0.15, 0.2) is 17.4 Å². The largest absolute Gasteiger partial charge is 0.507 e. The van der Waals surface area contributed by atoms with E-state index in [-0.39, 0.29) is 46.3 Å². The lowest BCUT2D eigenvalue weighted by Gasteiger charge is -2.42. The Hall–Kier alpha value is -4.25. The Morgan fingerprint density at radius 1 is 1.02 bits per heavy atom. The fourth-order valence-electron chi connectivity index (χ4n) is 7.11. The second kappa shape index (κ2) is 10.2. The Balaban J connectivity index is 1.45. The van der Waals surface area contributed by atoms with Gasteiger partial charge in [-0.25, -0.2) is 4.98 Å². The number of amides is 2. The average molecular weight is 626 g/mol. The van der Waals surface area contributed by atoms with Crippen LogP contribution in [0.2, 0.25) is 5.02 Å². The quantitative estimate of drug-likeness (QED) is 0.270. The number of hydrogen-bond donors (Lipinski definition) is 1. The van der Waals surface area contributed by atoms with E-state index in [1.165, 1.54) is 13.1 Å². The molecule has 12 heteroatoms. The van der Waals surface area contributed by atoms with E-state index >= 15 is 0 Å². The Kier molecular flexibility index (Phi) is 6.88. The van der Waals surface area contributed by atoms with E-state index in [9.17, 15) is 37.5 Å². The van der Waals surface area contributed by atoms with Crippen LogP contribution in [-0.2, 0) is 25.4 Å². The summed E-state index contributed by atoms with van der Waals surface area (Å²) < 4.78 is 40.3. The maximum atomic E-state index is 14.1. The van der Waals surface area contributed by atoms with Crippen molar-refractivity contribution in [2.24, 2.45) is 17.8 Å². The minimum Gasteiger partial charge on any atom is -0.507 e. The van der Waals surface area contributed by atoms with Gasteiger partial charge in [-0.1, -0.05) is 35.4 Å². The molecule has 1 aromatic carbocycles. The monoisotopic (exact) mass is 625 g/mol. The third-order valence-electron chi connectivity index (χ3n) is 9.11. The first-order valence-corrected chi connectivity index (χ1v) is 14.3. The van der Waals surface area contributed by atoms with E-state index < -0.39 is 53.2 Å². The molecule has 0 radical (unpaired) electrons. The molecule has 44 heavy (non-hydrogen) atoms. The Morgan fingerprint density at radius 2 is 1.68 bits per heavy atom. The zero-order valence-electron chi connectivity index (χ0n) is 24.1. The van der Waals surface area contributed by atoms with Crippen LogP contribution >= 0.6 is 11.6 Å². The van der Waals surface area contributed by atoms with E-state index in [0.717, 1.165) is 16.1 Å². The SMILES string of the molecule is CC1=CC(=O)C2=C(C[C@@H]3C(=CC[C@@H]4C(=O)N(N(C)c5nc(C(F)(F)F)ccc5Cl)C(=O)[C@@H]43)[C@@H]2c2cc(C)c(O)c(C)c2)C1=O. The molecule has 2 aromatic rings. The van der Waals surface area contributed by atoms with E-state index in [1.54, 1.807) is 32.9 Å². The molecule has 0 spiro atoms. The highest BCUT2D eigenvalue weighted by Crippen LogP contribution is 2.55. The van der Waals surface area contributed by atoms with Gasteiger partial charge in [-0.05, 0) is 74.4 Å². The summed E-state index contributed by atoms with van der Waals surface area (Å²) in [6.07, 6.45) is -1.44. The predicted octanol–water partition coefficient (Wildman–Crippen LogP) is 5.56. The number of anilines is 1. The number of Topliss-reactive ketones (excluding diaryl/α,β-unsaturated/α-hetero) is 1. The van der Waals surface area contributed by atoms with Crippen molar-refractivity contribution in [1.29, 1.82) is 0 Å². The number of aromatic hydroxyl groups is 1. The molecule has 2 amide bonds. The van der Waals surface area contributed by atoms with E-state index in [4.69, 9.17) is 11.6 Å². The average Bonchev–Trinajstić information content (AvgIpc) is 3.22. The van der Waals surface area contributed by atoms with Crippen molar-refractivity contribution in [3.8, 4) is 5.75 Å². The second-order valence-corrected chi connectivity index (χ2v) is 12.2. The summed E-state index contributed by atoms with van der Waals surface area (Å²) in [5, 5.41) is 12.0. The maximum absolute atomic E-state index is 14.1. The molecule has 6 rings (SSSR count). The number of allylic oxidation sites excluding steroid dienone is 6. The van der Waals surface area contributed by atoms with Gasteiger partial charge in [-0.15, -0.1) is 0 Å². The van der Waals surface area contributed by atoms with Crippen LogP contribution in [-0.4, -0.2) is 45.5 Å². The highest BCUT2D eigenvalue weighted by Gasteiger charge is 2.57. The molecular weight excluding hydrogens is 599 g/mol. The van der Waals surface area contributed by atoms with Crippen molar-refractivity contribution < 1.29 is 37.5 Å². The first kappa shape index (κ1) is 29.8. The number of ketones is 2. The molecule has 228 valence electrons. The first-order chi connectivity index (χ1) is 20.6. The smallest absolute Gasteiger partial charge is 0.433 e. The fourth-order valence-corrected chi connectivity index (χ4v) is 7.34. The number of nitrogens with zero attached hydrogens (tertiary/aromatic N) is 3. The summed E-state index contributed by atoms with van der Waals surface area (Å²) in [7, 11) is 1.25. The molecule has 2 heterocycles. The van der Waals surface area contributed by atoms with Gasteiger partial charge in [-0.3, -0.25) is 24.2 Å². The van der Waals surface area contributed by atoms with Gasteiger partial charge in [0, 0.05) is 29.7 Å². The number of carbonyl (C=O) groups excluding carboxylic acids is 4. The van der Waals surface area contributed by atoms with Crippen molar-refractivity contribution in [2.75, 3.05) is 12.1 Å². The second-order valence-electron chi connectivity index (χ2n) is 11.7. The first-order valence-electron chi connectivity index (χ1n) is 14.0. The summed E-state index contributed by atoms with van der Waals surface area (Å²) >= 11 is 6.19. The molecule has 4 atom stereocenters. The molecule has 0 unspecified atom stereocenters. The van der Waals surface area contributed by atoms with Gasteiger partial charge in [0.25, 0.3) is 11.8 Å². The molecule has 0 bridgehead atoms. The Morgan fingerprint density at radius 3 is 2.32 bits per heavy atom. The summed E-state index contributed by atoms with van der Waals surface area (Å²) in [6, 6.07) is 5.21. The van der Waals surface area contributed by atoms with Gasteiger partial charge in [0.05, 0.1) is 16.9 Å². The molecule has 1 aliphatic heterocycles. The zero-order chi connectivity index (χ0) is 32.0. The molecule has 1 saturated heterocycles. The Labute approximate surface area is 255 Å². The van der Waals surface area contributed by atoms with E-state index in [0.29, 0.717) is 33.9 Å². The van der Waals surface area contributed by atoms with Crippen LogP contribution in [0.25, 0.3) is 0 Å². The number of aryl methyl sites for hydroxylation is 2. The van der Waals surface area contributed by atoms with Crippen LogP contribution < -0.4 is 5.01 Å². The molecule has 0 saturated carbocycles. The van der Waals surface area contributed by atoms with Gasteiger partial charge in [0.2, 0.25) is 0 Å². The summed E-state index contributed by atoms with van der Waals surface area (Å²) in [5.41, 5.74) is 2.16. The minimum absolute atomic E-state index is 0.0454. The molecule has 3 aliphatic carbocycles. The number of fused-ring (bicyclic) bond motifs is 3. The van der Waals surface area contributed by atoms with Crippen LogP contribution in [0.4, 0.5) is 19.0 Å². The third-order valence-corrected chi connectivity index (χ3v) is 9.41. The lowest BCUT2D eigenvalue weighted by atomic mass is 9.59. The number of hydrazine groups is 1. The number of halogens is 4. The number of carbonyl (C=O) groups is 4. The molecular formula is C32H27ClF3N3O5. The van der Waals surface area contributed by atoms with Crippen molar-refractivity contribution >= 4 is 40.8 Å². The number of aromatic nitrogens is 1. The van der Waals surface area contributed by atoms with Crippen LogP contribution in [0, 0.1) is 31.6 Å². The summed E-state index contributed by atoms with van der Waals surface area (Å²) in [6.45, 7) is 5.00. The number of hydrogen-bond acceptors (Lipinski definition) is 7. The predicted molar refractivity (Wildman–Crippen MR) is 153 cm³/mol. The van der Waals surface area contributed by atoms with E-state index in [1.807, 2.05) is 6.08 Å². The molecule has 1 N–H and O–H groups in total. The number of phenols is 1. The molecule has 1 aromatic heterocycles. The number of imide groups is 1. The molecule has 4 aliphatic rings. The number of rotatable bonds is 3. The van der Waals surface area contributed by atoms with Gasteiger partial charge in [-0.2, -0.15) is 18.2 Å². The lowest BCUT2D eigenvalue weighted by molar-refractivity contribution is -0.141. The molecule has 8 nitrogen and oxygen atoms in total. The standard InChI is InChI=1S/C32H27ClF3N3O5/c1-13-9-16(10-14(2)27(13)41)24-17-5-6-18-25(19(17)12-20-26(24)22(40)11-15(3)28(20)42)31(44)39(30(18)43)38(4)29-21(33)7-8-23(37-29)32(34,35)36/h5,7-11,18-19,24-25,41H,6,12H2,1-4H3/t18-,19+,24-,25-/m0/s1. The highest BCUT2D eigenvalue weighted by atomic mass is 35.5. The van der Waals surface area contributed by atoms with Crippen molar-refractivity contribution in [1.82, 2.24) is 9.99 Å². The third kappa shape index (κ3) is 4.39. The summed E-state index contributed by atoms with van der Waals surface area (Å²) in [4.78, 5) is 58.4. The zero-order valence-corrected chi connectivity index (χ0v) is 24.9. The van der Waals surface area contributed by atoms with Crippen LogP contribution in [0.3, 0.4) is 0 Å². The number of benzene rings is 1. The van der Waals surface area contributed by atoms with Crippen molar-refractivity contribution in [3.63, 3.8) is 0 Å². The Bertz CT molecular complexity index is 1770. The van der Waals surface area contributed by atoms with Gasteiger partial charge in [0.1, 0.15) is 11.4 Å². The summed E-state index contributed by atoms with van der Waals surface area (Å²) in [5.74, 6) is -5.35. The van der Waals surface area contributed by atoms with Crippen molar-refractivity contribution in [3.05, 3.63) is 86.1 Å². The molecule has 1 fully saturated rings.